The van der Waals surface area contributed by atoms with Crippen LogP contribution >= 0.6 is 0 Å². The predicted octanol–water partition coefficient (Wildman–Crippen LogP) is 3.01. The fraction of sp³-hybridized carbons (Fsp3) is 0.308. The average Bonchev–Trinajstić information content (AvgIpc) is 2.85. The van der Waals surface area contributed by atoms with E-state index in [2.05, 4.69) is 75.9 Å². The number of benzene rings is 2. The maximum atomic E-state index is 13.0. The first-order chi connectivity index (χ1) is 15.3. The zero-order valence-electron chi connectivity index (χ0n) is 17.6. The molecule has 5 heteroatoms. The summed E-state index contributed by atoms with van der Waals surface area (Å²) < 4.78 is 0. The van der Waals surface area contributed by atoms with Crippen molar-refractivity contribution in [2.75, 3.05) is 32.7 Å². The highest BCUT2D eigenvalue weighted by Crippen LogP contribution is 2.34. The largest absolute Gasteiger partial charge is 0.334 e. The van der Waals surface area contributed by atoms with Gasteiger partial charge in [0.05, 0.1) is 0 Å². The lowest BCUT2D eigenvalue weighted by Crippen LogP contribution is -2.66. The molecule has 0 saturated carbocycles. The van der Waals surface area contributed by atoms with E-state index in [1.807, 2.05) is 17.0 Å². The van der Waals surface area contributed by atoms with Gasteiger partial charge in [-0.2, -0.15) is 0 Å². The minimum Gasteiger partial charge on any atom is -0.334 e. The molecule has 2 atom stereocenters. The van der Waals surface area contributed by atoms with E-state index >= 15 is 0 Å². The number of carbonyl (C=O) groups excluding carboxylic acids is 1. The Kier molecular flexibility index (Phi) is 5.78. The topological polar surface area (TPSA) is 48.5 Å². The van der Waals surface area contributed by atoms with Crippen molar-refractivity contribution >= 4 is 5.91 Å². The third-order valence-corrected chi connectivity index (χ3v) is 6.56. The summed E-state index contributed by atoms with van der Waals surface area (Å²) >= 11 is 0. The van der Waals surface area contributed by atoms with E-state index in [0.717, 1.165) is 32.7 Å². The summed E-state index contributed by atoms with van der Waals surface area (Å²) in [5.74, 6) is 0.320. The summed E-state index contributed by atoms with van der Waals surface area (Å²) in [6.07, 6.45) is 1.69. The van der Waals surface area contributed by atoms with E-state index in [9.17, 15) is 4.79 Å². The molecule has 2 fully saturated rings. The second kappa shape index (κ2) is 9.00. The summed E-state index contributed by atoms with van der Waals surface area (Å²) in [7, 11) is 0. The van der Waals surface area contributed by atoms with Crippen LogP contribution in [0.25, 0.3) is 0 Å². The lowest BCUT2D eigenvalue weighted by atomic mass is 9.82. The zero-order valence-corrected chi connectivity index (χ0v) is 17.6. The van der Waals surface area contributed by atoms with Crippen LogP contribution in [0.3, 0.4) is 0 Å². The molecule has 1 N–H and O–H groups in total. The van der Waals surface area contributed by atoms with Crippen LogP contribution in [0.15, 0.2) is 85.1 Å². The normalized spacial score (nSPS) is 21.6. The minimum absolute atomic E-state index is 0.0324. The zero-order chi connectivity index (χ0) is 21.0. The average molecular weight is 413 g/mol. The molecule has 0 aliphatic carbocycles. The van der Waals surface area contributed by atoms with Crippen molar-refractivity contribution < 1.29 is 4.79 Å². The van der Waals surface area contributed by atoms with E-state index in [1.165, 1.54) is 11.1 Å². The highest BCUT2D eigenvalue weighted by molar-refractivity contribution is 5.92. The summed E-state index contributed by atoms with van der Waals surface area (Å²) in [6.45, 7) is 4.19. The lowest BCUT2D eigenvalue weighted by Gasteiger charge is -2.50. The first kappa shape index (κ1) is 19.9. The molecule has 2 aliphatic heterocycles. The standard InChI is InChI=1S/C26H28N4O/c31-26(23-13-7-8-14-28-23)29-15-16-30-22(19-29)17-27-18-24(30)25(20-9-3-1-4-10-20)21-11-5-2-6-12-21/h1-14,22,24-25,27H,15-19H2. The highest BCUT2D eigenvalue weighted by atomic mass is 16.2. The second-order valence-electron chi connectivity index (χ2n) is 8.38. The molecule has 31 heavy (non-hydrogen) atoms. The number of hydrogen-bond acceptors (Lipinski definition) is 4. The maximum absolute atomic E-state index is 13.0. The van der Waals surface area contributed by atoms with E-state index in [4.69, 9.17) is 0 Å². The van der Waals surface area contributed by atoms with E-state index in [0.29, 0.717) is 17.8 Å². The fourth-order valence-electron chi connectivity index (χ4n) is 5.11. The summed E-state index contributed by atoms with van der Waals surface area (Å²) in [5, 5.41) is 3.66. The number of piperazine rings is 2. The third kappa shape index (κ3) is 4.11. The van der Waals surface area contributed by atoms with Gasteiger partial charge in [0.2, 0.25) is 0 Å². The lowest BCUT2D eigenvalue weighted by molar-refractivity contribution is 0.0141. The molecule has 2 unspecified atom stereocenters. The molecular formula is C26H28N4O. The molecule has 2 aliphatic rings. The summed E-state index contributed by atoms with van der Waals surface area (Å²) in [4.78, 5) is 21.8. The van der Waals surface area contributed by atoms with Gasteiger partial charge in [-0.3, -0.25) is 14.7 Å². The van der Waals surface area contributed by atoms with Gasteiger partial charge in [0.25, 0.3) is 5.91 Å². The maximum Gasteiger partial charge on any atom is 0.272 e. The van der Waals surface area contributed by atoms with Gasteiger partial charge < -0.3 is 10.2 Å². The molecule has 1 amide bonds. The molecular weight excluding hydrogens is 384 g/mol. The van der Waals surface area contributed by atoms with Crippen molar-refractivity contribution in [2.24, 2.45) is 0 Å². The Morgan fingerprint density at radius 3 is 2.19 bits per heavy atom. The van der Waals surface area contributed by atoms with Gasteiger partial charge in [0.15, 0.2) is 0 Å². The smallest absolute Gasteiger partial charge is 0.272 e. The van der Waals surface area contributed by atoms with Crippen LogP contribution in [-0.4, -0.2) is 65.5 Å². The van der Waals surface area contributed by atoms with Crippen molar-refractivity contribution in [1.82, 2.24) is 20.1 Å². The Morgan fingerprint density at radius 2 is 1.55 bits per heavy atom. The molecule has 3 aromatic rings. The Bertz CT molecular complexity index is 956. The number of amides is 1. The molecule has 0 spiro atoms. The molecule has 2 aromatic carbocycles. The van der Waals surface area contributed by atoms with E-state index in [1.54, 1.807) is 12.3 Å². The Hall–Kier alpha value is -3.02. The molecule has 5 nitrogen and oxygen atoms in total. The van der Waals surface area contributed by atoms with Crippen molar-refractivity contribution in [3.05, 3.63) is 102 Å². The molecule has 3 heterocycles. The Morgan fingerprint density at radius 1 is 0.871 bits per heavy atom. The van der Waals surface area contributed by atoms with E-state index in [-0.39, 0.29) is 11.8 Å². The third-order valence-electron chi connectivity index (χ3n) is 6.56. The van der Waals surface area contributed by atoms with Gasteiger partial charge in [0.1, 0.15) is 5.69 Å². The Balaban J connectivity index is 1.40. The number of pyridine rings is 1. The molecule has 0 radical (unpaired) electrons. The first-order valence-electron chi connectivity index (χ1n) is 11.1. The van der Waals surface area contributed by atoms with Crippen LogP contribution in [-0.2, 0) is 0 Å². The van der Waals surface area contributed by atoms with Gasteiger partial charge in [-0.1, -0.05) is 66.7 Å². The Labute approximate surface area is 183 Å². The molecule has 158 valence electrons. The minimum atomic E-state index is 0.0324. The number of fused-ring (bicyclic) bond motifs is 1. The molecule has 5 rings (SSSR count). The predicted molar refractivity (Wildman–Crippen MR) is 122 cm³/mol. The van der Waals surface area contributed by atoms with Gasteiger partial charge >= 0.3 is 0 Å². The molecule has 0 bridgehead atoms. The van der Waals surface area contributed by atoms with Crippen LogP contribution in [0.4, 0.5) is 0 Å². The number of carbonyl (C=O) groups is 1. The fourth-order valence-corrected chi connectivity index (χ4v) is 5.11. The summed E-state index contributed by atoms with van der Waals surface area (Å²) in [5.41, 5.74) is 3.21. The number of aromatic nitrogens is 1. The van der Waals surface area contributed by atoms with E-state index < -0.39 is 0 Å². The quantitative estimate of drug-likeness (QED) is 0.716. The monoisotopic (exact) mass is 412 g/mol. The highest BCUT2D eigenvalue weighted by Gasteiger charge is 2.40. The number of hydrogen-bond donors (Lipinski definition) is 1. The number of nitrogens with one attached hydrogen (secondary N) is 1. The van der Waals surface area contributed by atoms with Gasteiger partial charge in [-0.25, -0.2) is 0 Å². The SMILES string of the molecule is O=C(c1ccccn1)N1CCN2C(CNCC2C(c2ccccc2)c2ccccc2)C1. The van der Waals surface area contributed by atoms with Crippen LogP contribution in [0.1, 0.15) is 27.5 Å². The van der Waals surface area contributed by atoms with Crippen LogP contribution < -0.4 is 5.32 Å². The molecule has 1 aromatic heterocycles. The van der Waals surface area contributed by atoms with Gasteiger partial charge in [-0.15, -0.1) is 0 Å². The number of rotatable bonds is 4. The van der Waals surface area contributed by atoms with Crippen molar-refractivity contribution in [2.45, 2.75) is 18.0 Å². The van der Waals surface area contributed by atoms with Crippen molar-refractivity contribution in [1.29, 1.82) is 0 Å². The summed E-state index contributed by atoms with van der Waals surface area (Å²) in [6, 6.07) is 27.8. The van der Waals surface area contributed by atoms with Gasteiger partial charge in [-0.05, 0) is 23.3 Å². The first-order valence-corrected chi connectivity index (χ1v) is 11.1. The van der Waals surface area contributed by atoms with Crippen LogP contribution in [0.2, 0.25) is 0 Å². The molecule has 2 saturated heterocycles. The number of nitrogens with zero attached hydrogens (tertiary/aromatic N) is 3. The second-order valence-corrected chi connectivity index (χ2v) is 8.38. The van der Waals surface area contributed by atoms with Gasteiger partial charge in [0, 0.05) is 56.9 Å². The van der Waals surface area contributed by atoms with Crippen molar-refractivity contribution in [3.8, 4) is 0 Å². The van der Waals surface area contributed by atoms with Crippen LogP contribution in [0.5, 0.6) is 0 Å². The van der Waals surface area contributed by atoms with Crippen molar-refractivity contribution in [3.63, 3.8) is 0 Å². The van der Waals surface area contributed by atoms with Crippen LogP contribution in [0, 0.1) is 0 Å².